The minimum atomic E-state index is 0.172. The van der Waals surface area contributed by atoms with Crippen LogP contribution in [0, 0.1) is 12.8 Å². The Morgan fingerprint density at radius 2 is 1.92 bits per heavy atom. The number of amides is 1. The number of thioether (sulfide) groups is 1. The highest BCUT2D eigenvalue weighted by atomic mass is 32.2. The molecular weight excluding hydrogens is 344 g/mol. The van der Waals surface area contributed by atoms with Crippen molar-refractivity contribution in [3.63, 3.8) is 0 Å². The van der Waals surface area contributed by atoms with E-state index in [2.05, 4.69) is 52.3 Å². The number of hydrogen-bond donors (Lipinski definition) is 3. The van der Waals surface area contributed by atoms with E-state index >= 15 is 0 Å². The van der Waals surface area contributed by atoms with Crippen molar-refractivity contribution < 1.29 is 4.79 Å². The van der Waals surface area contributed by atoms with Gasteiger partial charge in [0.25, 0.3) is 0 Å². The van der Waals surface area contributed by atoms with Crippen LogP contribution in [0.1, 0.15) is 43.2 Å². The maximum absolute atomic E-state index is 11.9. The molecule has 0 unspecified atom stereocenters. The molecule has 6 heteroatoms. The summed E-state index contributed by atoms with van der Waals surface area (Å²) in [5.41, 5.74) is 2.53. The first-order valence-electron chi connectivity index (χ1n) is 9.47. The highest BCUT2D eigenvalue weighted by molar-refractivity contribution is 7.98. The molecule has 1 aromatic rings. The van der Waals surface area contributed by atoms with Crippen LogP contribution in [0.15, 0.2) is 28.1 Å². The number of benzene rings is 1. The van der Waals surface area contributed by atoms with Gasteiger partial charge in [0, 0.05) is 38.0 Å². The predicted octanol–water partition coefficient (Wildman–Crippen LogP) is 3.08. The minimum absolute atomic E-state index is 0.172. The summed E-state index contributed by atoms with van der Waals surface area (Å²) >= 11 is 1.76. The number of hydrogen-bond acceptors (Lipinski definition) is 3. The molecular formula is C20H32N4OS. The number of aliphatic imine (C=N–C) groups is 1. The summed E-state index contributed by atoms with van der Waals surface area (Å²) in [5.74, 6) is 1.52. The summed E-state index contributed by atoms with van der Waals surface area (Å²) in [6.07, 6.45) is 7.75. The fraction of sp³-hybridized carbons (Fsp3) is 0.600. The Hall–Kier alpha value is -1.69. The van der Waals surface area contributed by atoms with Crippen LogP contribution in [0.5, 0.6) is 0 Å². The molecule has 0 heterocycles. The largest absolute Gasteiger partial charge is 0.355 e. The normalized spacial score (nSPS) is 15.1. The number of guanidine groups is 1. The Morgan fingerprint density at radius 3 is 2.62 bits per heavy atom. The Labute approximate surface area is 161 Å². The molecule has 1 fully saturated rings. The number of aryl methyl sites for hydroxylation is 1. The van der Waals surface area contributed by atoms with Gasteiger partial charge < -0.3 is 16.0 Å². The molecule has 2 rings (SSSR count). The van der Waals surface area contributed by atoms with Crippen LogP contribution in [0.2, 0.25) is 0 Å². The third-order valence-electron chi connectivity index (χ3n) is 4.80. The van der Waals surface area contributed by atoms with E-state index < -0.39 is 0 Å². The molecule has 1 aromatic carbocycles. The molecule has 0 aromatic heterocycles. The zero-order valence-corrected chi connectivity index (χ0v) is 17.0. The van der Waals surface area contributed by atoms with E-state index in [0.717, 1.165) is 12.5 Å². The summed E-state index contributed by atoms with van der Waals surface area (Å²) < 4.78 is 0. The molecule has 26 heavy (non-hydrogen) atoms. The van der Waals surface area contributed by atoms with E-state index in [0.29, 0.717) is 25.4 Å². The lowest BCUT2D eigenvalue weighted by Gasteiger charge is -2.14. The average Bonchev–Trinajstić information content (AvgIpc) is 3.14. The molecule has 1 aliphatic carbocycles. The Morgan fingerprint density at radius 1 is 1.19 bits per heavy atom. The van der Waals surface area contributed by atoms with Gasteiger partial charge >= 0.3 is 0 Å². The molecule has 1 amide bonds. The number of carbonyl (C=O) groups is 1. The third kappa shape index (κ3) is 6.90. The molecule has 0 aliphatic heterocycles. The van der Waals surface area contributed by atoms with E-state index in [1.807, 2.05) is 0 Å². The van der Waals surface area contributed by atoms with E-state index in [1.165, 1.54) is 41.7 Å². The van der Waals surface area contributed by atoms with E-state index in [4.69, 9.17) is 0 Å². The van der Waals surface area contributed by atoms with Crippen molar-refractivity contribution in [2.75, 3.05) is 26.4 Å². The van der Waals surface area contributed by atoms with Crippen LogP contribution in [-0.4, -0.2) is 38.3 Å². The first kappa shape index (κ1) is 20.6. The Kier molecular flexibility index (Phi) is 8.81. The van der Waals surface area contributed by atoms with Crippen molar-refractivity contribution in [3.8, 4) is 0 Å². The second kappa shape index (κ2) is 11.1. The first-order chi connectivity index (χ1) is 12.6. The fourth-order valence-electron chi connectivity index (χ4n) is 3.33. The second-order valence-corrected chi connectivity index (χ2v) is 7.72. The van der Waals surface area contributed by atoms with Gasteiger partial charge in [-0.15, -0.1) is 11.8 Å². The summed E-state index contributed by atoms with van der Waals surface area (Å²) in [6.45, 7) is 4.12. The highest BCUT2D eigenvalue weighted by Gasteiger charge is 2.17. The van der Waals surface area contributed by atoms with Gasteiger partial charge in [0.2, 0.25) is 5.91 Å². The number of nitrogens with zero attached hydrogens (tertiary/aromatic N) is 1. The van der Waals surface area contributed by atoms with Gasteiger partial charge in [0.15, 0.2) is 5.96 Å². The van der Waals surface area contributed by atoms with Crippen molar-refractivity contribution in [1.82, 2.24) is 16.0 Å². The van der Waals surface area contributed by atoms with Crippen LogP contribution in [0.25, 0.3) is 0 Å². The molecule has 0 radical (unpaired) electrons. The molecule has 5 nitrogen and oxygen atoms in total. The molecule has 0 spiro atoms. The lowest BCUT2D eigenvalue weighted by atomic mass is 10.0. The highest BCUT2D eigenvalue weighted by Crippen LogP contribution is 2.27. The SMILES string of the molecule is CN=C(NCCNC(=O)CC1CCCC1)NCc1ccc(C)cc1SC. The van der Waals surface area contributed by atoms with E-state index in [1.54, 1.807) is 18.8 Å². The lowest BCUT2D eigenvalue weighted by molar-refractivity contribution is -0.121. The monoisotopic (exact) mass is 376 g/mol. The quantitative estimate of drug-likeness (QED) is 0.282. The van der Waals surface area contributed by atoms with Crippen molar-refractivity contribution in [2.24, 2.45) is 10.9 Å². The van der Waals surface area contributed by atoms with E-state index in [-0.39, 0.29) is 5.91 Å². The van der Waals surface area contributed by atoms with Crippen LogP contribution in [0.3, 0.4) is 0 Å². The van der Waals surface area contributed by atoms with Gasteiger partial charge in [-0.25, -0.2) is 0 Å². The van der Waals surface area contributed by atoms with Crippen LogP contribution < -0.4 is 16.0 Å². The Balaban J connectivity index is 1.67. The van der Waals surface area contributed by atoms with Crippen molar-refractivity contribution >= 4 is 23.6 Å². The van der Waals surface area contributed by atoms with Gasteiger partial charge in [0.05, 0.1) is 0 Å². The molecule has 1 aliphatic rings. The van der Waals surface area contributed by atoms with Gasteiger partial charge in [-0.2, -0.15) is 0 Å². The topological polar surface area (TPSA) is 65.5 Å². The summed E-state index contributed by atoms with van der Waals surface area (Å²) in [7, 11) is 1.76. The van der Waals surface area contributed by atoms with Crippen LogP contribution in [0.4, 0.5) is 0 Å². The van der Waals surface area contributed by atoms with E-state index in [9.17, 15) is 4.79 Å². The predicted molar refractivity (Wildman–Crippen MR) is 111 cm³/mol. The zero-order valence-electron chi connectivity index (χ0n) is 16.2. The number of rotatable bonds is 8. The van der Waals surface area contributed by atoms with Gasteiger partial charge in [0.1, 0.15) is 0 Å². The zero-order chi connectivity index (χ0) is 18.8. The van der Waals surface area contributed by atoms with Crippen LogP contribution in [-0.2, 0) is 11.3 Å². The lowest BCUT2D eigenvalue weighted by Crippen LogP contribution is -2.41. The molecule has 3 N–H and O–H groups in total. The second-order valence-electron chi connectivity index (χ2n) is 6.87. The smallest absolute Gasteiger partial charge is 0.220 e. The molecule has 0 saturated heterocycles. The fourth-order valence-corrected chi connectivity index (χ4v) is 4.04. The molecule has 0 bridgehead atoms. The van der Waals surface area contributed by atoms with Crippen molar-refractivity contribution in [3.05, 3.63) is 29.3 Å². The van der Waals surface area contributed by atoms with Crippen molar-refractivity contribution in [2.45, 2.75) is 50.5 Å². The number of carbonyl (C=O) groups excluding carboxylic acids is 1. The van der Waals surface area contributed by atoms with Crippen LogP contribution >= 0.6 is 11.8 Å². The summed E-state index contributed by atoms with van der Waals surface area (Å²) in [6, 6.07) is 6.50. The third-order valence-corrected chi connectivity index (χ3v) is 5.62. The van der Waals surface area contributed by atoms with Crippen molar-refractivity contribution in [1.29, 1.82) is 0 Å². The average molecular weight is 377 g/mol. The Bertz CT molecular complexity index is 612. The summed E-state index contributed by atoms with van der Waals surface area (Å²) in [5, 5.41) is 9.59. The van der Waals surface area contributed by atoms with Gasteiger partial charge in [-0.3, -0.25) is 9.79 Å². The number of nitrogens with one attached hydrogen (secondary N) is 3. The molecule has 0 atom stereocenters. The minimum Gasteiger partial charge on any atom is -0.355 e. The van der Waals surface area contributed by atoms with Gasteiger partial charge in [-0.1, -0.05) is 25.0 Å². The summed E-state index contributed by atoms with van der Waals surface area (Å²) in [4.78, 5) is 17.5. The molecule has 1 saturated carbocycles. The molecule has 144 valence electrons. The standard InChI is InChI=1S/C20H32N4OS/c1-15-8-9-17(18(12-15)26-3)14-24-20(21-2)23-11-10-22-19(25)13-16-6-4-5-7-16/h8-9,12,16H,4-7,10-11,13-14H2,1-3H3,(H,22,25)(H2,21,23,24). The maximum atomic E-state index is 11.9. The first-order valence-corrected chi connectivity index (χ1v) is 10.7. The maximum Gasteiger partial charge on any atom is 0.220 e. The van der Waals surface area contributed by atoms with Gasteiger partial charge in [-0.05, 0) is 49.1 Å².